The zero-order valence-corrected chi connectivity index (χ0v) is 17.6. The van der Waals surface area contributed by atoms with Gasteiger partial charge in [-0.25, -0.2) is 4.79 Å². The van der Waals surface area contributed by atoms with Gasteiger partial charge in [-0.3, -0.25) is 9.69 Å². The van der Waals surface area contributed by atoms with Gasteiger partial charge in [-0.05, 0) is 62.9 Å². The maximum Gasteiger partial charge on any atom is 0.322 e. The summed E-state index contributed by atoms with van der Waals surface area (Å²) in [6, 6.07) is 8.16. The molecule has 1 aromatic carbocycles. The Morgan fingerprint density at radius 3 is 2.38 bits per heavy atom. The largest absolute Gasteiger partial charge is 0.339 e. The van der Waals surface area contributed by atoms with Crippen LogP contribution in [-0.2, 0) is 0 Å². The fourth-order valence-corrected chi connectivity index (χ4v) is 5.03. The number of likely N-dealkylation sites (tertiary alicyclic amines) is 1. The van der Waals surface area contributed by atoms with Crippen LogP contribution in [0.15, 0.2) is 24.3 Å². The van der Waals surface area contributed by atoms with Gasteiger partial charge in [0.05, 0.1) is 0 Å². The molecule has 6 heteroatoms. The molecule has 0 aliphatic carbocycles. The third kappa shape index (κ3) is 4.58. The Morgan fingerprint density at radius 1 is 0.966 bits per heavy atom. The number of nitrogens with one attached hydrogen (secondary N) is 1. The van der Waals surface area contributed by atoms with E-state index in [1.807, 2.05) is 34.1 Å². The minimum Gasteiger partial charge on any atom is -0.339 e. The van der Waals surface area contributed by atoms with E-state index in [0.29, 0.717) is 11.6 Å². The molecule has 0 radical (unpaired) electrons. The Labute approximate surface area is 174 Å². The lowest BCUT2D eigenvalue weighted by molar-refractivity contribution is 0.0761. The van der Waals surface area contributed by atoms with Crippen molar-refractivity contribution >= 4 is 17.6 Å². The molecule has 2 atom stereocenters. The number of carbonyl (C=O) groups is 2. The molecule has 3 aliphatic rings. The molecule has 0 saturated carbocycles. The van der Waals surface area contributed by atoms with E-state index in [1.54, 1.807) is 0 Å². The van der Waals surface area contributed by atoms with Gasteiger partial charge in [0.15, 0.2) is 0 Å². The summed E-state index contributed by atoms with van der Waals surface area (Å²) in [6.07, 6.45) is 8.00. The van der Waals surface area contributed by atoms with Crippen molar-refractivity contribution in [2.75, 3.05) is 38.0 Å². The first-order valence-corrected chi connectivity index (χ1v) is 11.4. The van der Waals surface area contributed by atoms with Crippen LogP contribution >= 0.6 is 0 Å². The number of carbonyl (C=O) groups excluding carboxylic acids is 2. The Hall–Kier alpha value is -2.08. The average Bonchev–Trinajstić information content (AvgIpc) is 3.03. The molecule has 1 N–H and O–H groups in total. The molecule has 3 amide bonds. The van der Waals surface area contributed by atoms with Gasteiger partial charge in [0.25, 0.3) is 5.91 Å². The number of benzene rings is 1. The first-order valence-electron chi connectivity index (χ1n) is 11.4. The minimum absolute atomic E-state index is 0.0185. The van der Waals surface area contributed by atoms with Crippen molar-refractivity contribution < 1.29 is 9.59 Å². The highest BCUT2D eigenvalue weighted by atomic mass is 16.2. The lowest BCUT2D eigenvalue weighted by atomic mass is 10.1. The van der Waals surface area contributed by atoms with Crippen molar-refractivity contribution in [1.82, 2.24) is 14.7 Å². The minimum atomic E-state index is -0.0185. The van der Waals surface area contributed by atoms with E-state index in [-0.39, 0.29) is 18.0 Å². The standard InChI is InChI=1S/C23H34N4O2/c1-2-20-16-26-15-7-8-21(26)17-27(20)23(29)24-19-11-9-18(10-12-19)22(28)25-13-5-3-4-6-14-25/h9-12,20-21H,2-8,13-17H2,1H3,(H,24,29)/t20-,21-/m0/s1. The summed E-state index contributed by atoms with van der Waals surface area (Å²) in [5.41, 5.74) is 1.46. The van der Waals surface area contributed by atoms with E-state index in [0.717, 1.165) is 51.1 Å². The second-order valence-electron chi connectivity index (χ2n) is 8.72. The highest BCUT2D eigenvalue weighted by Crippen LogP contribution is 2.26. The topological polar surface area (TPSA) is 55.9 Å². The molecule has 6 nitrogen and oxygen atoms in total. The number of fused-ring (bicyclic) bond motifs is 1. The summed E-state index contributed by atoms with van der Waals surface area (Å²) in [5, 5.41) is 3.06. The van der Waals surface area contributed by atoms with Gasteiger partial charge in [0.1, 0.15) is 0 Å². The molecular weight excluding hydrogens is 364 g/mol. The van der Waals surface area contributed by atoms with Crippen LogP contribution in [0.2, 0.25) is 0 Å². The Kier molecular flexibility index (Phi) is 6.38. The summed E-state index contributed by atoms with van der Waals surface area (Å²) >= 11 is 0. The number of hydrogen-bond donors (Lipinski definition) is 1. The maximum absolute atomic E-state index is 13.0. The summed E-state index contributed by atoms with van der Waals surface area (Å²) in [6.45, 7) is 6.83. The van der Waals surface area contributed by atoms with Crippen LogP contribution in [0.4, 0.5) is 10.5 Å². The molecule has 0 unspecified atom stereocenters. The Bertz CT molecular complexity index is 712. The van der Waals surface area contributed by atoms with Crippen LogP contribution in [0.1, 0.15) is 62.2 Å². The second kappa shape index (κ2) is 9.16. The van der Waals surface area contributed by atoms with Gasteiger partial charge in [0, 0.05) is 49.5 Å². The van der Waals surface area contributed by atoms with Crippen LogP contribution in [0.5, 0.6) is 0 Å². The molecule has 4 rings (SSSR count). The third-order valence-corrected chi connectivity index (χ3v) is 6.80. The lowest BCUT2D eigenvalue weighted by Gasteiger charge is -2.43. The third-order valence-electron chi connectivity index (χ3n) is 6.80. The van der Waals surface area contributed by atoms with Crippen molar-refractivity contribution in [2.24, 2.45) is 0 Å². The number of rotatable bonds is 3. The van der Waals surface area contributed by atoms with Crippen molar-refractivity contribution in [1.29, 1.82) is 0 Å². The predicted octanol–water partition coefficient (Wildman–Crippen LogP) is 3.79. The van der Waals surface area contributed by atoms with Gasteiger partial charge < -0.3 is 15.1 Å². The van der Waals surface area contributed by atoms with Crippen molar-refractivity contribution in [2.45, 2.75) is 64.0 Å². The zero-order valence-electron chi connectivity index (χ0n) is 17.6. The molecule has 3 aliphatic heterocycles. The van der Waals surface area contributed by atoms with E-state index >= 15 is 0 Å². The first kappa shape index (κ1) is 20.2. The SMILES string of the molecule is CC[C@H]1CN2CCC[C@H]2CN1C(=O)Nc1ccc(C(=O)N2CCCCCC2)cc1. The van der Waals surface area contributed by atoms with Crippen LogP contribution in [-0.4, -0.2) is 71.4 Å². The quantitative estimate of drug-likeness (QED) is 0.843. The molecule has 0 spiro atoms. The molecule has 3 heterocycles. The molecule has 158 valence electrons. The highest BCUT2D eigenvalue weighted by molar-refractivity contribution is 5.95. The molecule has 3 saturated heterocycles. The normalized spacial score (nSPS) is 25.4. The van der Waals surface area contributed by atoms with Crippen LogP contribution < -0.4 is 5.32 Å². The van der Waals surface area contributed by atoms with E-state index in [4.69, 9.17) is 0 Å². The molecule has 1 aromatic rings. The van der Waals surface area contributed by atoms with Crippen LogP contribution in [0, 0.1) is 0 Å². The Morgan fingerprint density at radius 2 is 1.69 bits per heavy atom. The number of nitrogens with zero attached hydrogens (tertiary/aromatic N) is 3. The molecular formula is C23H34N4O2. The van der Waals surface area contributed by atoms with Gasteiger partial charge in [-0.1, -0.05) is 19.8 Å². The van der Waals surface area contributed by atoms with Gasteiger partial charge in [0.2, 0.25) is 0 Å². The highest BCUT2D eigenvalue weighted by Gasteiger charge is 2.37. The summed E-state index contributed by atoms with van der Waals surface area (Å²) < 4.78 is 0. The van der Waals surface area contributed by atoms with Crippen molar-refractivity contribution in [3.63, 3.8) is 0 Å². The van der Waals surface area contributed by atoms with Gasteiger partial charge in [-0.15, -0.1) is 0 Å². The fraction of sp³-hybridized carbons (Fsp3) is 0.652. The summed E-state index contributed by atoms with van der Waals surface area (Å²) in [4.78, 5) is 32.2. The van der Waals surface area contributed by atoms with Crippen LogP contribution in [0.25, 0.3) is 0 Å². The molecule has 29 heavy (non-hydrogen) atoms. The van der Waals surface area contributed by atoms with E-state index in [1.165, 1.54) is 32.2 Å². The molecule has 0 aromatic heterocycles. The molecule has 3 fully saturated rings. The number of urea groups is 1. The average molecular weight is 399 g/mol. The van der Waals surface area contributed by atoms with E-state index < -0.39 is 0 Å². The molecule has 0 bridgehead atoms. The first-order chi connectivity index (χ1) is 14.2. The monoisotopic (exact) mass is 398 g/mol. The van der Waals surface area contributed by atoms with Crippen molar-refractivity contribution in [3.8, 4) is 0 Å². The number of hydrogen-bond acceptors (Lipinski definition) is 3. The Balaban J connectivity index is 1.37. The lowest BCUT2D eigenvalue weighted by Crippen LogP contribution is -2.58. The van der Waals surface area contributed by atoms with Gasteiger partial charge >= 0.3 is 6.03 Å². The number of piperazine rings is 1. The summed E-state index contributed by atoms with van der Waals surface area (Å²) in [7, 11) is 0. The predicted molar refractivity (Wildman–Crippen MR) is 115 cm³/mol. The number of anilines is 1. The fourth-order valence-electron chi connectivity index (χ4n) is 5.03. The van der Waals surface area contributed by atoms with Crippen LogP contribution in [0.3, 0.4) is 0 Å². The van der Waals surface area contributed by atoms with Gasteiger partial charge in [-0.2, -0.15) is 0 Å². The second-order valence-corrected chi connectivity index (χ2v) is 8.72. The van der Waals surface area contributed by atoms with E-state index in [2.05, 4.69) is 17.1 Å². The van der Waals surface area contributed by atoms with Crippen molar-refractivity contribution in [3.05, 3.63) is 29.8 Å². The van der Waals surface area contributed by atoms with E-state index in [9.17, 15) is 9.59 Å². The maximum atomic E-state index is 13.0. The smallest absolute Gasteiger partial charge is 0.322 e. The summed E-state index contributed by atoms with van der Waals surface area (Å²) in [5.74, 6) is 0.105. The zero-order chi connectivity index (χ0) is 20.2. The number of amides is 3.